The average Bonchev–Trinajstić information content (AvgIpc) is 3.05. The van der Waals surface area contributed by atoms with Crippen LogP contribution in [0.25, 0.3) is 0 Å². The number of unbranched alkanes of at least 4 members (excludes halogenated alkanes) is 33. The first-order chi connectivity index (χ1) is 45.2. The van der Waals surface area contributed by atoms with Crippen LogP contribution >= 0.6 is 21.6 Å². The summed E-state index contributed by atoms with van der Waals surface area (Å²) >= 11 is 0. The number of nitrogens with zero attached hydrogens (tertiary/aromatic N) is 4. The van der Waals surface area contributed by atoms with Crippen LogP contribution in [0.4, 0.5) is 0 Å². The maximum absolute atomic E-state index is 13.0. The lowest BCUT2D eigenvalue weighted by Crippen LogP contribution is -2.47. The van der Waals surface area contributed by atoms with E-state index >= 15 is 0 Å². The van der Waals surface area contributed by atoms with Crippen LogP contribution in [0.2, 0.25) is 0 Å². The Balaban J connectivity index is 2.43. The van der Waals surface area contributed by atoms with E-state index in [0.717, 1.165) is 160 Å². The summed E-state index contributed by atoms with van der Waals surface area (Å²) in [6.45, 7) is 19.7. The molecule has 0 spiro atoms. The van der Waals surface area contributed by atoms with Crippen molar-refractivity contribution in [3.05, 3.63) is 48.6 Å². The van der Waals surface area contributed by atoms with E-state index < -0.39 is 6.10 Å². The van der Waals surface area contributed by atoms with Crippen LogP contribution in [0, 0.1) is 0 Å². The van der Waals surface area contributed by atoms with Crippen molar-refractivity contribution in [2.45, 2.75) is 361 Å². The minimum absolute atomic E-state index is 0.136. The Bertz CT molecular complexity index is 1550. The molecule has 1 aliphatic heterocycles. The van der Waals surface area contributed by atoms with Gasteiger partial charge in [-0.05, 0) is 129 Å². The number of carbonyl (C=O) groups is 1. The molecule has 0 radical (unpaired) electrons. The van der Waals surface area contributed by atoms with E-state index in [1.54, 1.807) is 0 Å². The lowest BCUT2D eigenvalue weighted by atomic mass is 10.0. The summed E-state index contributed by atoms with van der Waals surface area (Å²) in [5.74, 6) is 2.12. The van der Waals surface area contributed by atoms with Gasteiger partial charge in [-0.15, -0.1) is 0 Å². The van der Waals surface area contributed by atoms with Crippen molar-refractivity contribution in [3.8, 4) is 0 Å². The summed E-state index contributed by atoms with van der Waals surface area (Å²) in [7, 11) is 3.99. The number of esters is 1. The van der Waals surface area contributed by atoms with Crippen molar-refractivity contribution in [1.29, 1.82) is 0 Å². The lowest BCUT2D eigenvalue weighted by molar-refractivity contribution is -0.144. The minimum atomic E-state index is -0.411. The molecule has 4 unspecified atom stereocenters. The molecule has 1 saturated heterocycles. The van der Waals surface area contributed by atoms with E-state index in [2.05, 4.69) is 95.9 Å². The number of hydrogen-bond acceptors (Lipinski definition) is 11. The Kier molecular flexibility index (Phi) is 67.6. The normalized spacial score (nSPS) is 15.2. The first-order valence-corrected chi connectivity index (χ1v) is 42.0. The van der Waals surface area contributed by atoms with E-state index in [1.807, 2.05) is 21.6 Å². The first kappa shape index (κ1) is 85.9. The molecule has 1 heterocycles. The summed E-state index contributed by atoms with van der Waals surface area (Å²) in [6, 6.07) is 0. The highest BCUT2D eigenvalue weighted by Crippen LogP contribution is 2.24. The summed E-state index contributed by atoms with van der Waals surface area (Å²) in [5.41, 5.74) is 0. The third-order valence-corrected chi connectivity index (χ3v) is 20.9. The number of allylic oxidation sites excluding steroid dienone is 8. The fourth-order valence-electron chi connectivity index (χ4n) is 12.5. The summed E-state index contributed by atoms with van der Waals surface area (Å²) in [6.07, 6.45) is 74.0. The van der Waals surface area contributed by atoms with Crippen molar-refractivity contribution in [2.24, 2.45) is 0 Å². The molecule has 0 aromatic carbocycles. The molecule has 0 amide bonds. The Hall–Kier alpha value is -1.15. The van der Waals surface area contributed by atoms with Gasteiger partial charge >= 0.3 is 5.97 Å². The second-order valence-corrected chi connectivity index (χ2v) is 30.1. The van der Waals surface area contributed by atoms with Crippen LogP contribution in [0.15, 0.2) is 48.6 Å². The maximum atomic E-state index is 13.0. The van der Waals surface area contributed by atoms with Gasteiger partial charge in [0.05, 0.1) is 18.3 Å². The van der Waals surface area contributed by atoms with Gasteiger partial charge in [0.15, 0.2) is 0 Å². The van der Waals surface area contributed by atoms with E-state index in [-0.39, 0.29) is 24.6 Å². The smallest absolute Gasteiger partial charge is 0.305 e. The molecule has 0 bridgehead atoms. The number of rotatable bonds is 72. The molecule has 1 rings (SSSR count). The molecule has 1 aliphatic rings. The standard InChI is InChI=1S/C80H154N4O5S2/c1-5-9-13-17-21-25-29-31-33-34-36-38-42-46-50-54-62-83(74-77(85)58-51-47-45-41-37-35-32-30-26-22-18-14-10-6-2)64-57-61-80(88)89-71-69-81-65-67-82(68-66-81)70-73-91-90-72-56-55-63-84(75-78(86)59-52-48-43-39-27-23-19-15-11-7-3)76-79(87)60-53-49-44-40-28-24-20-16-12-8-4/h21-22,25-26,31-33,35,77-79,85-87H,5-20,23-24,27-30,34,36-76H2,1-4H3/b25-21-,26-22-,33-31-,35-32-/i54D. The monoisotopic (exact) mass is 1320 g/mol. The van der Waals surface area contributed by atoms with Gasteiger partial charge in [0.1, 0.15) is 6.61 Å². The lowest BCUT2D eigenvalue weighted by Gasteiger charge is -2.34. The highest BCUT2D eigenvalue weighted by atomic mass is 33.1. The Morgan fingerprint density at radius 1 is 0.407 bits per heavy atom. The number of hydrogen-bond donors (Lipinski definition) is 3. The quantitative estimate of drug-likeness (QED) is 0.0235. The number of piperazine rings is 1. The Morgan fingerprint density at radius 2 is 0.758 bits per heavy atom. The van der Waals surface area contributed by atoms with E-state index in [9.17, 15) is 20.1 Å². The topological polar surface area (TPSA) is 100.0 Å². The highest BCUT2D eigenvalue weighted by Gasteiger charge is 2.19. The molecule has 3 N–H and O–H groups in total. The largest absolute Gasteiger partial charge is 0.464 e. The second-order valence-electron chi connectivity index (χ2n) is 27.4. The molecule has 0 aromatic rings. The SMILES string of the molecule is [2H]C(CCCCCC/C=C\C/C=C\CCCCC)CN(CCCC(=O)OCCN1CCN(CCSSCCCCN(CC(O)CCCCCCCCCCCC)CC(O)CCCCCCCCCCCC)CC1)CC(O)CCCCCC/C=C\C/C=C\CCCCC. The predicted molar refractivity (Wildman–Crippen MR) is 405 cm³/mol. The van der Waals surface area contributed by atoms with E-state index in [0.29, 0.717) is 52.2 Å². The highest BCUT2D eigenvalue weighted by molar-refractivity contribution is 8.76. The van der Waals surface area contributed by atoms with Gasteiger partial charge in [-0.1, -0.05) is 297 Å². The van der Waals surface area contributed by atoms with Gasteiger partial charge < -0.3 is 25.0 Å². The number of aliphatic hydroxyl groups excluding tert-OH is 3. The summed E-state index contributed by atoms with van der Waals surface area (Å²) < 4.78 is 14.8. The zero-order valence-electron chi connectivity index (χ0n) is 61.7. The van der Waals surface area contributed by atoms with Gasteiger partial charge in [-0.25, -0.2) is 0 Å². The van der Waals surface area contributed by atoms with Crippen LogP contribution in [-0.4, -0.2) is 156 Å². The molecule has 0 saturated carbocycles. The second kappa shape index (κ2) is 71.6. The molecule has 11 heteroatoms. The summed E-state index contributed by atoms with van der Waals surface area (Å²) in [5, 5.41) is 33.4. The molecule has 4 atom stereocenters. The molecule has 1 fully saturated rings. The van der Waals surface area contributed by atoms with Gasteiger partial charge in [-0.3, -0.25) is 19.5 Å². The van der Waals surface area contributed by atoms with Gasteiger partial charge in [0, 0.05) is 78.2 Å². The third-order valence-electron chi connectivity index (χ3n) is 18.4. The van der Waals surface area contributed by atoms with Crippen LogP contribution in [0.3, 0.4) is 0 Å². The number of ether oxygens (including phenoxy) is 1. The van der Waals surface area contributed by atoms with Crippen LogP contribution in [0.1, 0.15) is 344 Å². The Labute approximate surface area is 576 Å². The van der Waals surface area contributed by atoms with Crippen LogP contribution in [-0.2, 0) is 9.53 Å². The van der Waals surface area contributed by atoms with Crippen molar-refractivity contribution in [3.63, 3.8) is 0 Å². The zero-order valence-corrected chi connectivity index (χ0v) is 62.4. The van der Waals surface area contributed by atoms with Gasteiger partial charge in [-0.2, -0.15) is 0 Å². The molecular weight excluding hydrogens is 1160 g/mol. The van der Waals surface area contributed by atoms with Crippen molar-refractivity contribution in [1.82, 2.24) is 19.6 Å². The molecule has 9 nitrogen and oxygen atoms in total. The first-order valence-electron chi connectivity index (χ1n) is 40.1. The Morgan fingerprint density at radius 3 is 1.21 bits per heavy atom. The van der Waals surface area contributed by atoms with Crippen molar-refractivity contribution < 1.29 is 26.2 Å². The number of aliphatic hydroxyl groups is 3. The minimum Gasteiger partial charge on any atom is -0.464 e. The zero-order chi connectivity index (χ0) is 66.5. The molecule has 0 aromatic heterocycles. The van der Waals surface area contributed by atoms with Gasteiger partial charge in [0.2, 0.25) is 0 Å². The predicted octanol–water partition coefficient (Wildman–Crippen LogP) is 21.6. The third kappa shape index (κ3) is 64.6. The summed E-state index contributed by atoms with van der Waals surface area (Å²) in [4.78, 5) is 22.6. The van der Waals surface area contributed by atoms with E-state index in [4.69, 9.17) is 6.11 Å². The van der Waals surface area contributed by atoms with Crippen LogP contribution in [0.5, 0.6) is 0 Å². The fourth-order valence-corrected chi connectivity index (χ4v) is 14.6. The fraction of sp³-hybridized carbons (Fsp3) is 0.887. The number of carbonyl (C=O) groups excluding carboxylic acids is 1. The molecular formula is C80H154N4O5S2. The maximum Gasteiger partial charge on any atom is 0.305 e. The van der Waals surface area contributed by atoms with Crippen LogP contribution < -0.4 is 0 Å². The van der Waals surface area contributed by atoms with E-state index in [1.165, 1.54) is 193 Å². The molecule has 0 aliphatic carbocycles. The van der Waals surface area contributed by atoms with Crippen molar-refractivity contribution >= 4 is 27.6 Å². The molecule has 91 heavy (non-hydrogen) atoms. The average molecular weight is 1320 g/mol. The van der Waals surface area contributed by atoms with Crippen molar-refractivity contribution in [2.75, 3.05) is 96.6 Å². The van der Waals surface area contributed by atoms with Gasteiger partial charge in [0.25, 0.3) is 0 Å². The molecule has 536 valence electrons.